The van der Waals surface area contributed by atoms with Crippen LogP contribution in [-0.4, -0.2) is 155 Å². The molecule has 2 aliphatic carbocycles. The molecule has 0 amide bonds. The zero-order chi connectivity index (χ0) is 29.6. The average molecular weight is 596 g/mol. The van der Waals surface area contributed by atoms with Gasteiger partial charge in [0.15, 0.2) is 24.8 Å². The fourth-order valence-electron chi connectivity index (χ4n) is 7.15. The minimum Gasteiger partial charge on any atom is -0.427 e. The minimum absolute atomic E-state index is 0.0737. The molecule has 5 rings (SSSR count). The summed E-state index contributed by atoms with van der Waals surface area (Å²) in [5.41, 5.74) is 0. The molecule has 3 saturated heterocycles. The number of hydrogen-bond donors (Lipinski definition) is 9. The molecule has 0 aromatic heterocycles. The van der Waals surface area contributed by atoms with Gasteiger partial charge in [-0.05, 0) is 39.0 Å². The third kappa shape index (κ3) is 6.76. The quantitative estimate of drug-likeness (QED) is 0.135. The lowest BCUT2D eigenvalue weighted by atomic mass is 9.73. The molecule has 0 aromatic carbocycles. The first-order valence-electron chi connectivity index (χ1n) is 14.8. The molecule has 10 N–H and O–H groups in total. The Kier molecular flexibility index (Phi) is 10.3. The smallest absolute Gasteiger partial charge is 0.187 e. The molecule has 5 fully saturated rings. The van der Waals surface area contributed by atoms with Gasteiger partial charge >= 0.3 is 0 Å². The van der Waals surface area contributed by atoms with Crippen LogP contribution < -0.4 is 0 Å². The third-order valence-electron chi connectivity index (χ3n) is 9.70. The third-order valence-corrected chi connectivity index (χ3v) is 9.70. The molecule has 0 aromatic rings. The highest BCUT2D eigenvalue weighted by Crippen LogP contribution is 2.42. The van der Waals surface area contributed by atoms with Gasteiger partial charge in [-0.15, -0.1) is 0 Å². The normalized spacial score (nSPS) is 54.9. The molecule has 0 bridgehead atoms. The maximum atomic E-state index is 10.8. The Balaban J connectivity index is 1.28. The van der Waals surface area contributed by atoms with Crippen LogP contribution in [-0.2, 0) is 18.9 Å². The maximum absolute atomic E-state index is 10.8. The molecule has 3 heterocycles. The van der Waals surface area contributed by atoms with Crippen LogP contribution in [0.1, 0.15) is 51.9 Å². The van der Waals surface area contributed by atoms with E-state index in [9.17, 15) is 46.0 Å². The van der Waals surface area contributed by atoms with Crippen molar-refractivity contribution in [2.24, 2.45) is 11.8 Å². The highest BCUT2D eigenvalue weighted by atomic mass is 16.7. The van der Waals surface area contributed by atoms with Gasteiger partial charge in [-0.3, -0.25) is 0 Å². The number of ether oxygens (including phenoxy) is 5. The summed E-state index contributed by atoms with van der Waals surface area (Å²) in [6, 6.07) is 0. The van der Waals surface area contributed by atoms with Gasteiger partial charge < -0.3 is 69.6 Å². The second-order valence-electron chi connectivity index (χ2n) is 12.6. The fraction of sp³-hybridized carbons (Fsp3) is 1.00. The predicted octanol–water partition coefficient (Wildman–Crippen LogP) is -3.62. The first-order chi connectivity index (χ1) is 19.4. The minimum atomic E-state index is -1.65. The molecule has 41 heavy (non-hydrogen) atoms. The first-order valence-corrected chi connectivity index (χ1v) is 14.8. The van der Waals surface area contributed by atoms with Crippen molar-refractivity contribution in [1.29, 1.82) is 0 Å². The first kappa shape index (κ1) is 31.9. The predicted molar refractivity (Wildman–Crippen MR) is 137 cm³/mol. The van der Waals surface area contributed by atoms with Gasteiger partial charge in [-0.25, -0.2) is 0 Å². The molecular formula is C27H47O14+. The Hall–Kier alpha value is -0.560. The van der Waals surface area contributed by atoms with Crippen LogP contribution in [0, 0.1) is 11.8 Å². The molecule has 2 saturated carbocycles. The van der Waals surface area contributed by atoms with Crippen molar-refractivity contribution in [3.63, 3.8) is 0 Å². The highest BCUT2D eigenvalue weighted by molar-refractivity contribution is 4.98. The van der Waals surface area contributed by atoms with E-state index in [1.807, 2.05) is 0 Å². The van der Waals surface area contributed by atoms with Gasteiger partial charge in [-0.1, -0.05) is 0 Å². The fourth-order valence-corrected chi connectivity index (χ4v) is 7.15. The molecular weight excluding hydrogens is 548 g/mol. The molecule has 0 spiro atoms. The van der Waals surface area contributed by atoms with Gasteiger partial charge in [0.1, 0.15) is 48.8 Å². The van der Waals surface area contributed by atoms with Gasteiger partial charge in [0, 0.05) is 18.8 Å². The van der Waals surface area contributed by atoms with E-state index in [1.54, 1.807) is 0 Å². The van der Waals surface area contributed by atoms with Crippen molar-refractivity contribution in [1.82, 2.24) is 0 Å². The van der Waals surface area contributed by atoms with Crippen molar-refractivity contribution in [2.45, 2.75) is 150 Å². The van der Waals surface area contributed by atoms with Crippen LogP contribution in [0.5, 0.6) is 0 Å². The van der Waals surface area contributed by atoms with E-state index < -0.39 is 86.3 Å². The maximum Gasteiger partial charge on any atom is 0.187 e. The summed E-state index contributed by atoms with van der Waals surface area (Å²) in [6.07, 6.45) is -13.3. The Labute approximate surface area is 238 Å². The largest absolute Gasteiger partial charge is 0.427 e. The topological polar surface area (TPSA) is 232 Å². The lowest BCUT2D eigenvalue weighted by Crippen LogP contribution is -2.63. The van der Waals surface area contributed by atoms with E-state index in [-0.39, 0.29) is 36.6 Å². The Morgan fingerprint density at radius 3 is 2.05 bits per heavy atom. The zero-order valence-electron chi connectivity index (χ0n) is 23.2. The van der Waals surface area contributed by atoms with Crippen LogP contribution in [0.15, 0.2) is 0 Å². The molecule has 14 nitrogen and oxygen atoms in total. The number of hydrogen-bond acceptors (Lipinski definition) is 13. The summed E-state index contributed by atoms with van der Waals surface area (Å²) in [7, 11) is 0. The Morgan fingerprint density at radius 1 is 0.683 bits per heavy atom. The van der Waals surface area contributed by atoms with Crippen molar-refractivity contribution in [3.8, 4) is 0 Å². The highest BCUT2D eigenvalue weighted by Gasteiger charge is 2.54. The van der Waals surface area contributed by atoms with E-state index >= 15 is 0 Å². The van der Waals surface area contributed by atoms with Crippen molar-refractivity contribution < 1.29 is 69.6 Å². The molecule has 16 atom stereocenters. The van der Waals surface area contributed by atoms with Gasteiger partial charge in [0.05, 0.1) is 36.9 Å². The second-order valence-corrected chi connectivity index (χ2v) is 12.6. The lowest BCUT2D eigenvalue weighted by Gasteiger charge is -2.48. The molecule has 5 aliphatic rings. The monoisotopic (exact) mass is 595 g/mol. The summed E-state index contributed by atoms with van der Waals surface area (Å²) >= 11 is 0. The summed E-state index contributed by atoms with van der Waals surface area (Å²) in [6.45, 7) is 1.10. The Morgan fingerprint density at radius 2 is 1.34 bits per heavy atom. The van der Waals surface area contributed by atoms with E-state index in [0.29, 0.717) is 38.5 Å². The molecule has 6 unspecified atom stereocenters. The van der Waals surface area contributed by atoms with Crippen LogP contribution in [0.25, 0.3) is 0 Å². The molecule has 14 heteroatoms. The Bertz CT molecular complexity index is 843. The van der Waals surface area contributed by atoms with Gasteiger partial charge in [0.25, 0.3) is 0 Å². The zero-order valence-corrected chi connectivity index (χ0v) is 23.2. The number of fused-ring (bicyclic) bond motifs is 1. The number of aliphatic hydroxyl groups is 11. The SMILES string of the molecule is C[C@@H]1O[C@@H](OC[C@H]2O[C@@H](OC3CC4C(O)CC(O)CC4[OH+]C3C3CCC(O)CC3)[C@H](O)[C@@H](O)[C@@H]2O)[C@H](O)[C@H](O)[C@H]1O. The van der Waals surface area contributed by atoms with E-state index in [4.69, 9.17) is 23.7 Å². The lowest BCUT2D eigenvalue weighted by molar-refractivity contribution is -0.361. The second kappa shape index (κ2) is 13.2. The van der Waals surface area contributed by atoms with Crippen LogP contribution >= 0.6 is 0 Å². The standard InChI is InChI=1S/C27H46O14/c1-10-19(31)21(33)23(35)26(38-10)37-9-18-20(32)22(34)24(36)27(41-18)40-17-8-14-15(30)6-13(29)7-16(14)39-25(17)11-2-4-12(28)5-3-11/h10-36H,2-9H2,1H3/p+1/t10-,11?,12?,13?,14?,15?,16?,17?,18+,19-,20+,21+,22-,23+,24+,25?,26+,27+/m0/s1. The average Bonchev–Trinajstić information content (AvgIpc) is 2.94. The number of rotatable bonds is 6. The van der Waals surface area contributed by atoms with Crippen molar-refractivity contribution >= 4 is 0 Å². The molecule has 3 aliphatic heterocycles. The van der Waals surface area contributed by atoms with E-state index in [2.05, 4.69) is 0 Å². The van der Waals surface area contributed by atoms with Crippen molar-refractivity contribution in [3.05, 3.63) is 0 Å². The van der Waals surface area contributed by atoms with Gasteiger partial charge in [0.2, 0.25) is 0 Å². The number of aliphatic hydroxyl groups excluding tert-OH is 9. The van der Waals surface area contributed by atoms with Crippen LogP contribution in [0.2, 0.25) is 0 Å². The summed E-state index contributed by atoms with van der Waals surface area (Å²) in [4.78, 5) is 0. The van der Waals surface area contributed by atoms with E-state index in [1.165, 1.54) is 6.92 Å². The summed E-state index contributed by atoms with van der Waals surface area (Å²) in [5, 5.41) is 93.2. The molecule has 238 valence electrons. The van der Waals surface area contributed by atoms with Crippen LogP contribution in [0.3, 0.4) is 0 Å². The van der Waals surface area contributed by atoms with Crippen molar-refractivity contribution in [2.75, 3.05) is 6.61 Å². The van der Waals surface area contributed by atoms with Gasteiger partial charge in [-0.2, -0.15) is 0 Å². The van der Waals surface area contributed by atoms with E-state index in [0.717, 1.165) is 0 Å². The summed E-state index contributed by atoms with van der Waals surface area (Å²) < 4.78 is 28.2. The summed E-state index contributed by atoms with van der Waals surface area (Å²) in [5.74, 6) is -0.192. The molecule has 0 radical (unpaired) electrons. The van der Waals surface area contributed by atoms with Crippen LogP contribution in [0.4, 0.5) is 0 Å².